The summed E-state index contributed by atoms with van der Waals surface area (Å²) in [5.41, 5.74) is 7.62. The van der Waals surface area contributed by atoms with E-state index < -0.39 is 5.69 Å². The van der Waals surface area contributed by atoms with Gasteiger partial charge in [0.15, 0.2) is 0 Å². The van der Waals surface area contributed by atoms with Crippen LogP contribution in [0.15, 0.2) is 65.7 Å². The summed E-state index contributed by atoms with van der Waals surface area (Å²) in [5.74, 6) is 1.52. The van der Waals surface area contributed by atoms with E-state index >= 15 is 0 Å². The van der Waals surface area contributed by atoms with E-state index in [4.69, 9.17) is 25.4 Å². The van der Waals surface area contributed by atoms with E-state index in [1.807, 2.05) is 30.3 Å². The fourth-order valence-electron chi connectivity index (χ4n) is 4.24. The Kier molecular flexibility index (Phi) is 6.95. The van der Waals surface area contributed by atoms with E-state index in [1.165, 1.54) is 0 Å². The molecule has 37 heavy (non-hydrogen) atoms. The van der Waals surface area contributed by atoms with Gasteiger partial charge in [-0.1, -0.05) is 24.3 Å². The van der Waals surface area contributed by atoms with Crippen molar-refractivity contribution >= 4 is 5.84 Å². The maximum atomic E-state index is 12.8. The quantitative estimate of drug-likeness (QED) is 0.233. The van der Waals surface area contributed by atoms with Crippen molar-refractivity contribution in [3.63, 3.8) is 0 Å². The highest BCUT2D eigenvalue weighted by molar-refractivity contribution is 5.94. The van der Waals surface area contributed by atoms with Crippen molar-refractivity contribution in [1.82, 2.24) is 24.7 Å². The summed E-state index contributed by atoms with van der Waals surface area (Å²) in [5, 5.41) is 12.2. The molecular weight excluding hydrogens is 474 g/mol. The van der Waals surface area contributed by atoms with E-state index in [-0.39, 0.29) is 23.8 Å². The van der Waals surface area contributed by atoms with Crippen molar-refractivity contribution in [3.8, 4) is 17.4 Å². The minimum atomic E-state index is -0.444. The highest BCUT2D eigenvalue weighted by Crippen LogP contribution is 2.33. The number of amidine groups is 1. The Morgan fingerprint density at radius 2 is 1.97 bits per heavy atom. The minimum absolute atomic E-state index is 0.000451. The van der Waals surface area contributed by atoms with Crippen LogP contribution in [0.5, 0.6) is 11.5 Å². The van der Waals surface area contributed by atoms with E-state index in [9.17, 15) is 4.79 Å². The predicted octanol–water partition coefficient (Wildman–Crippen LogP) is 2.19. The fraction of sp³-hybridized carbons (Fsp3) is 0.269. The van der Waals surface area contributed by atoms with Crippen LogP contribution in [0.1, 0.15) is 34.9 Å². The van der Waals surface area contributed by atoms with Crippen molar-refractivity contribution in [1.29, 1.82) is 5.41 Å². The lowest BCUT2D eigenvalue weighted by atomic mass is 9.90. The zero-order chi connectivity index (χ0) is 25.8. The van der Waals surface area contributed by atoms with Crippen LogP contribution in [0.3, 0.4) is 0 Å². The number of nitrogen functional groups attached to an aromatic ring is 1. The molecule has 0 saturated carbocycles. The Morgan fingerprint density at radius 3 is 2.65 bits per heavy atom. The smallest absolute Gasteiger partial charge is 0.350 e. The van der Waals surface area contributed by atoms with Gasteiger partial charge in [0.2, 0.25) is 0 Å². The molecule has 2 atom stereocenters. The van der Waals surface area contributed by atoms with Crippen LogP contribution in [0.2, 0.25) is 0 Å². The molecule has 1 fully saturated rings. The first kappa shape index (κ1) is 24.2. The third kappa shape index (κ3) is 5.51. The lowest BCUT2D eigenvalue weighted by Crippen LogP contribution is -2.18. The highest BCUT2D eigenvalue weighted by Gasteiger charge is 2.24. The Balaban J connectivity index is 1.56. The minimum Gasteiger partial charge on any atom is -0.497 e. The molecule has 0 aliphatic carbocycles. The molecule has 0 bridgehead atoms. The van der Waals surface area contributed by atoms with Gasteiger partial charge in [-0.2, -0.15) is 0 Å². The molecule has 2 aromatic heterocycles. The molecule has 0 radical (unpaired) electrons. The molecule has 1 saturated heterocycles. The Morgan fingerprint density at radius 1 is 1.22 bits per heavy atom. The number of H-pyrrole nitrogens is 1. The van der Waals surface area contributed by atoms with E-state index in [1.54, 1.807) is 37.7 Å². The summed E-state index contributed by atoms with van der Waals surface area (Å²) in [6, 6.07) is 14.8. The van der Waals surface area contributed by atoms with Crippen LogP contribution in [-0.2, 0) is 11.2 Å². The molecule has 4 N–H and O–H groups in total. The molecule has 11 nitrogen and oxygen atoms in total. The average molecular weight is 502 g/mol. The van der Waals surface area contributed by atoms with Gasteiger partial charge in [0.1, 0.15) is 29.3 Å². The number of nitrogens with one attached hydrogen (secondary N) is 2. The Bertz CT molecular complexity index is 1430. The number of benzene rings is 2. The van der Waals surface area contributed by atoms with Crippen LogP contribution >= 0.6 is 0 Å². The maximum Gasteiger partial charge on any atom is 0.350 e. The van der Waals surface area contributed by atoms with Gasteiger partial charge in [-0.05, 0) is 35.7 Å². The monoisotopic (exact) mass is 501 g/mol. The molecule has 1 aliphatic heterocycles. The first-order chi connectivity index (χ1) is 18.0. The Hall–Kier alpha value is -4.51. The molecule has 0 amide bonds. The van der Waals surface area contributed by atoms with Crippen LogP contribution < -0.4 is 20.9 Å². The number of aromatic amines is 1. The third-order valence-corrected chi connectivity index (χ3v) is 6.14. The van der Waals surface area contributed by atoms with Crippen LogP contribution in [0.25, 0.3) is 5.95 Å². The number of methoxy groups -OCH3 is 1. The van der Waals surface area contributed by atoms with E-state index in [0.717, 1.165) is 22.2 Å². The first-order valence-electron chi connectivity index (χ1n) is 11.8. The van der Waals surface area contributed by atoms with Crippen LogP contribution in [0.4, 0.5) is 0 Å². The van der Waals surface area contributed by atoms with Crippen molar-refractivity contribution < 1.29 is 14.2 Å². The van der Waals surface area contributed by atoms with Crippen LogP contribution in [0, 0.1) is 5.41 Å². The van der Waals surface area contributed by atoms with Crippen LogP contribution in [-0.4, -0.2) is 57.0 Å². The maximum absolute atomic E-state index is 12.8. The van der Waals surface area contributed by atoms with E-state index in [2.05, 4.69) is 20.1 Å². The number of aromatic nitrogens is 5. The van der Waals surface area contributed by atoms with Crippen molar-refractivity contribution in [2.24, 2.45) is 5.73 Å². The molecule has 1 aliphatic rings. The second-order valence-electron chi connectivity index (χ2n) is 8.69. The van der Waals surface area contributed by atoms with Gasteiger partial charge in [0.05, 0.1) is 20.3 Å². The van der Waals surface area contributed by atoms with Crippen molar-refractivity contribution in [2.45, 2.75) is 24.9 Å². The second-order valence-corrected chi connectivity index (χ2v) is 8.69. The number of ether oxygens (including phenoxy) is 3. The molecule has 4 aromatic rings. The summed E-state index contributed by atoms with van der Waals surface area (Å²) in [4.78, 5) is 24.0. The van der Waals surface area contributed by atoms with Gasteiger partial charge in [0, 0.05) is 36.4 Å². The first-order valence-corrected chi connectivity index (χ1v) is 11.8. The SMILES string of the molecule is COc1cc(O[C@@H]2CCOC2)cc(C(Cc2ccc(C(=N)N)cc2)c2nn(-c3ncccn3)c(=O)[nH]2)c1. The number of hydrogen-bond donors (Lipinski definition) is 3. The fourth-order valence-corrected chi connectivity index (χ4v) is 4.24. The van der Waals surface area contributed by atoms with Crippen molar-refractivity contribution in [2.75, 3.05) is 20.3 Å². The lowest BCUT2D eigenvalue weighted by Gasteiger charge is -2.19. The standard InChI is InChI=1S/C26H27N7O4/c1-35-20-12-18(13-21(14-20)37-19-7-10-36-15-19)22(11-16-3-5-17(6-4-16)23(27)28)24-31-26(34)33(32-24)25-29-8-2-9-30-25/h2-6,8-9,12-14,19,22H,7,10-11,15H2,1H3,(H3,27,28)(H,31,32,34)/t19-,22?/m1/s1. The molecule has 3 heterocycles. The number of hydrogen-bond acceptors (Lipinski definition) is 8. The highest BCUT2D eigenvalue weighted by atomic mass is 16.5. The molecule has 190 valence electrons. The summed E-state index contributed by atoms with van der Waals surface area (Å²) in [6.45, 7) is 1.20. The summed E-state index contributed by atoms with van der Waals surface area (Å²) < 4.78 is 18.3. The van der Waals surface area contributed by atoms with Gasteiger partial charge in [0.25, 0.3) is 5.95 Å². The van der Waals surface area contributed by atoms with Gasteiger partial charge in [-0.25, -0.2) is 14.8 Å². The molecule has 0 spiro atoms. The second kappa shape index (κ2) is 10.6. The zero-order valence-electron chi connectivity index (χ0n) is 20.3. The third-order valence-electron chi connectivity index (χ3n) is 6.14. The topological polar surface area (TPSA) is 154 Å². The van der Waals surface area contributed by atoms with Gasteiger partial charge >= 0.3 is 5.69 Å². The molecule has 2 aromatic carbocycles. The number of nitrogens with zero attached hydrogens (tertiary/aromatic N) is 4. The average Bonchev–Trinajstić information content (AvgIpc) is 3.57. The van der Waals surface area contributed by atoms with Gasteiger partial charge in [-0.3, -0.25) is 10.4 Å². The number of nitrogens with two attached hydrogens (primary N) is 1. The lowest BCUT2D eigenvalue weighted by molar-refractivity contribution is 0.141. The molecular formula is C26H27N7O4. The van der Waals surface area contributed by atoms with Gasteiger partial charge in [-0.15, -0.1) is 9.78 Å². The normalized spacial score (nSPS) is 15.9. The molecule has 11 heteroatoms. The van der Waals surface area contributed by atoms with Gasteiger partial charge < -0.3 is 19.9 Å². The summed E-state index contributed by atoms with van der Waals surface area (Å²) >= 11 is 0. The summed E-state index contributed by atoms with van der Waals surface area (Å²) in [7, 11) is 1.60. The summed E-state index contributed by atoms with van der Waals surface area (Å²) in [6.07, 6.45) is 4.38. The Labute approximate surface area is 212 Å². The molecule has 1 unspecified atom stereocenters. The zero-order valence-corrected chi connectivity index (χ0v) is 20.3. The number of rotatable bonds is 9. The predicted molar refractivity (Wildman–Crippen MR) is 136 cm³/mol. The van der Waals surface area contributed by atoms with Crippen molar-refractivity contribution in [3.05, 3.63) is 93.9 Å². The largest absolute Gasteiger partial charge is 0.497 e. The van der Waals surface area contributed by atoms with E-state index in [0.29, 0.717) is 42.5 Å². The molecule has 5 rings (SSSR count).